The fourth-order valence-electron chi connectivity index (χ4n) is 7.16. The molecule has 2 fully saturated rings. The summed E-state index contributed by atoms with van der Waals surface area (Å²) >= 11 is 0. The Bertz CT molecular complexity index is 1900. The molecule has 268 valence electrons. The molecule has 2 aliphatic rings. The Hall–Kier alpha value is -5.06. The standard InChI is InChI=1S/C40H49N7O4/c1-39(2,3)50-37(48)46-20-10-14-33(46)35-41-29-18-16-26(22-31(29)43-35)24-45(28-12-8-7-9-13-28)25-27-17-19-30-32(23-27)44-36(42-30)34-15-11-21-47(34)38(49)51-40(4,5)6/h7-9,12-13,16-19,22-23,33-34H,10-11,14-15,20-21,24-25H2,1-6H3,(H,41,43)(H,42,44)/t33-,34-/m0/s1. The van der Waals surface area contributed by atoms with Crippen LogP contribution in [0.4, 0.5) is 15.3 Å². The zero-order chi connectivity index (χ0) is 35.9. The highest BCUT2D eigenvalue weighted by Crippen LogP contribution is 2.35. The first-order valence-electron chi connectivity index (χ1n) is 18.1. The van der Waals surface area contributed by atoms with Gasteiger partial charge in [0.15, 0.2) is 0 Å². The van der Waals surface area contributed by atoms with Crippen LogP contribution < -0.4 is 4.90 Å². The highest BCUT2D eigenvalue weighted by molar-refractivity contribution is 5.78. The number of imidazole rings is 2. The van der Waals surface area contributed by atoms with Crippen molar-refractivity contribution >= 4 is 39.9 Å². The van der Waals surface area contributed by atoms with Crippen molar-refractivity contribution in [3.8, 4) is 0 Å². The number of benzene rings is 3. The van der Waals surface area contributed by atoms with Crippen molar-refractivity contribution in [3.63, 3.8) is 0 Å². The molecule has 0 unspecified atom stereocenters. The van der Waals surface area contributed by atoms with Crippen LogP contribution in [0.15, 0.2) is 66.7 Å². The molecule has 11 nitrogen and oxygen atoms in total. The van der Waals surface area contributed by atoms with E-state index in [4.69, 9.17) is 19.4 Å². The van der Waals surface area contributed by atoms with Gasteiger partial charge in [-0.3, -0.25) is 9.80 Å². The van der Waals surface area contributed by atoms with Crippen molar-refractivity contribution in [2.24, 2.45) is 0 Å². The fraction of sp³-hybridized carbons (Fsp3) is 0.450. The van der Waals surface area contributed by atoms with E-state index in [9.17, 15) is 9.59 Å². The number of nitrogens with one attached hydrogen (secondary N) is 2. The average molecular weight is 692 g/mol. The van der Waals surface area contributed by atoms with Gasteiger partial charge in [-0.2, -0.15) is 0 Å². The molecule has 0 aliphatic carbocycles. The van der Waals surface area contributed by atoms with Crippen LogP contribution in [0.25, 0.3) is 22.1 Å². The Kier molecular flexibility index (Phi) is 9.16. The van der Waals surface area contributed by atoms with E-state index in [1.807, 2.05) is 47.6 Å². The molecule has 2 aliphatic heterocycles. The van der Waals surface area contributed by atoms with Gasteiger partial charge < -0.3 is 24.3 Å². The Morgan fingerprint density at radius 2 is 1.16 bits per heavy atom. The zero-order valence-corrected chi connectivity index (χ0v) is 30.5. The van der Waals surface area contributed by atoms with Crippen LogP contribution in [0.2, 0.25) is 0 Å². The van der Waals surface area contributed by atoms with Crippen molar-refractivity contribution in [2.45, 2.75) is 104 Å². The van der Waals surface area contributed by atoms with Gasteiger partial charge in [0.05, 0.1) is 34.2 Å². The van der Waals surface area contributed by atoms with Gasteiger partial charge in [0.2, 0.25) is 0 Å². The Balaban J connectivity index is 1.10. The molecular formula is C40H49N7O4. The predicted molar refractivity (Wildman–Crippen MR) is 198 cm³/mol. The minimum absolute atomic E-state index is 0.136. The Morgan fingerprint density at radius 3 is 1.59 bits per heavy atom. The van der Waals surface area contributed by atoms with Gasteiger partial charge >= 0.3 is 12.2 Å². The third-order valence-electron chi connectivity index (χ3n) is 9.39. The lowest BCUT2D eigenvalue weighted by Gasteiger charge is -2.27. The second-order valence-electron chi connectivity index (χ2n) is 15.8. The van der Waals surface area contributed by atoms with Crippen molar-refractivity contribution < 1.29 is 19.1 Å². The number of hydrogen-bond donors (Lipinski definition) is 2. The van der Waals surface area contributed by atoms with E-state index in [2.05, 4.69) is 75.5 Å². The van der Waals surface area contributed by atoms with Crippen LogP contribution >= 0.6 is 0 Å². The summed E-state index contributed by atoms with van der Waals surface area (Å²) in [6.07, 6.45) is 2.92. The molecule has 11 heteroatoms. The zero-order valence-electron chi connectivity index (χ0n) is 30.5. The molecule has 0 bridgehead atoms. The van der Waals surface area contributed by atoms with Crippen molar-refractivity contribution in [1.82, 2.24) is 29.7 Å². The quantitative estimate of drug-likeness (QED) is 0.175. The van der Waals surface area contributed by atoms with E-state index in [-0.39, 0.29) is 24.3 Å². The lowest BCUT2D eigenvalue weighted by atomic mass is 10.1. The van der Waals surface area contributed by atoms with Crippen LogP contribution in [0.3, 0.4) is 0 Å². The average Bonchev–Trinajstić information content (AvgIpc) is 3.88. The number of amides is 2. The number of carbonyl (C=O) groups excluding carboxylic acids is 2. The molecular weight excluding hydrogens is 642 g/mol. The summed E-state index contributed by atoms with van der Waals surface area (Å²) in [6, 6.07) is 22.9. The van der Waals surface area contributed by atoms with Gasteiger partial charge in [-0.1, -0.05) is 30.3 Å². The van der Waals surface area contributed by atoms with E-state index >= 15 is 0 Å². The Morgan fingerprint density at radius 1 is 0.706 bits per heavy atom. The van der Waals surface area contributed by atoms with Crippen LogP contribution in [-0.4, -0.2) is 66.2 Å². The molecule has 51 heavy (non-hydrogen) atoms. The number of anilines is 1. The highest BCUT2D eigenvalue weighted by Gasteiger charge is 2.36. The number of H-pyrrole nitrogens is 2. The second-order valence-corrected chi connectivity index (χ2v) is 15.8. The number of fused-ring (bicyclic) bond motifs is 2. The van der Waals surface area contributed by atoms with E-state index < -0.39 is 11.2 Å². The number of likely N-dealkylation sites (tertiary alicyclic amines) is 2. The van der Waals surface area contributed by atoms with Crippen molar-refractivity contribution in [3.05, 3.63) is 89.5 Å². The topological polar surface area (TPSA) is 120 Å². The maximum Gasteiger partial charge on any atom is 0.410 e. The SMILES string of the molecule is CC(C)(C)OC(=O)N1CCC[C@H]1c1nc2ccc(CN(Cc3ccc4nc([C@@H]5CCCN5C(=O)OC(C)(C)C)[nH]c4c3)c3ccccc3)cc2[nH]1. The Labute approximate surface area is 299 Å². The molecule has 2 aromatic heterocycles. The molecule has 0 saturated carbocycles. The molecule has 2 N–H and O–H groups in total. The number of hydrogen-bond acceptors (Lipinski definition) is 7. The second kappa shape index (κ2) is 13.6. The van der Waals surface area contributed by atoms with Crippen LogP contribution in [0, 0.1) is 0 Å². The lowest BCUT2D eigenvalue weighted by Crippen LogP contribution is -2.36. The summed E-state index contributed by atoms with van der Waals surface area (Å²) in [5, 5.41) is 0. The molecule has 5 aromatic rings. The van der Waals surface area contributed by atoms with Crippen molar-refractivity contribution in [1.29, 1.82) is 0 Å². The first-order valence-corrected chi connectivity index (χ1v) is 18.1. The third kappa shape index (κ3) is 7.82. The van der Waals surface area contributed by atoms with Crippen LogP contribution in [0.1, 0.15) is 102 Å². The third-order valence-corrected chi connectivity index (χ3v) is 9.39. The van der Waals surface area contributed by atoms with Gasteiger partial charge in [-0.25, -0.2) is 19.6 Å². The van der Waals surface area contributed by atoms with Gasteiger partial charge in [0.1, 0.15) is 22.9 Å². The molecule has 2 atom stereocenters. The fourth-order valence-corrected chi connectivity index (χ4v) is 7.16. The molecule has 0 radical (unpaired) electrons. The van der Waals surface area contributed by atoms with Crippen LogP contribution in [0.5, 0.6) is 0 Å². The van der Waals surface area contributed by atoms with Gasteiger partial charge in [-0.15, -0.1) is 0 Å². The molecule has 3 aromatic carbocycles. The number of para-hydroxylation sites is 1. The molecule has 4 heterocycles. The number of ether oxygens (including phenoxy) is 2. The highest BCUT2D eigenvalue weighted by atomic mass is 16.6. The summed E-state index contributed by atoms with van der Waals surface area (Å²) in [5.74, 6) is 1.59. The van der Waals surface area contributed by atoms with Gasteiger partial charge in [0, 0.05) is 31.9 Å². The van der Waals surface area contributed by atoms with E-state index in [0.717, 1.165) is 76.2 Å². The van der Waals surface area contributed by atoms with Gasteiger partial charge in [0.25, 0.3) is 0 Å². The summed E-state index contributed by atoms with van der Waals surface area (Å²) < 4.78 is 11.4. The van der Waals surface area contributed by atoms with E-state index in [0.29, 0.717) is 26.2 Å². The predicted octanol–water partition coefficient (Wildman–Crippen LogP) is 8.79. The molecule has 2 saturated heterocycles. The van der Waals surface area contributed by atoms with Crippen LogP contribution in [-0.2, 0) is 22.6 Å². The van der Waals surface area contributed by atoms with Gasteiger partial charge in [-0.05, 0) is 115 Å². The maximum absolute atomic E-state index is 13.0. The monoisotopic (exact) mass is 691 g/mol. The molecule has 2 amide bonds. The summed E-state index contributed by atoms with van der Waals surface area (Å²) in [4.78, 5) is 48.8. The molecule has 0 spiro atoms. The first kappa shape index (κ1) is 34.4. The molecule has 7 rings (SSSR count). The number of aromatic nitrogens is 4. The summed E-state index contributed by atoms with van der Waals surface area (Å²) in [7, 11) is 0. The minimum Gasteiger partial charge on any atom is -0.444 e. The first-order chi connectivity index (χ1) is 24.3. The van der Waals surface area contributed by atoms with Crippen molar-refractivity contribution in [2.75, 3.05) is 18.0 Å². The lowest BCUT2D eigenvalue weighted by molar-refractivity contribution is 0.0208. The summed E-state index contributed by atoms with van der Waals surface area (Å²) in [5.41, 5.74) is 5.96. The number of rotatable bonds is 7. The number of nitrogens with zero attached hydrogens (tertiary/aromatic N) is 5. The normalized spacial score (nSPS) is 18.2. The summed E-state index contributed by atoms with van der Waals surface area (Å²) in [6.45, 7) is 14.0. The van der Waals surface area contributed by atoms with E-state index in [1.54, 1.807) is 9.80 Å². The smallest absolute Gasteiger partial charge is 0.410 e. The maximum atomic E-state index is 13.0. The number of carbonyl (C=O) groups is 2. The number of aromatic amines is 2. The minimum atomic E-state index is -0.550. The van der Waals surface area contributed by atoms with E-state index in [1.165, 1.54) is 0 Å². The largest absolute Gasteiger partial charge is 0.444 e.